The van der Waals surface area contributed by atoms with Gasteiger partial charge in [-0.25, -0.2) is 4.79 Å². The fourth-order valence-corrected chi connectivity index (χ4v) is 5.33. The Morgan fingerprint density at radius 2 is 2.00 bits per heavy atom. The van der Waals surface area contributed by atoms with Crippen LogP contribution in [-0.2, 0) is 23.9 Å². The van der Waals surface area contributed by atoms with E-state index in [2.05, 4.69) is 5.32 Å². The zero-order valence-electron chi connectivity index (χ0n) is 19.0. The second kappa shape index (κ2) is 11.0. The number of allylic oxidation sites excluding steroid dienone is 3. The van der Waals surface area contributed by atoms with Gasteiger partial charge in [0.1, 0.15) is 12.5 Å². The molecule has 33 heavy (non-hydrogen) atoms. The standard InChI is InChI=1S/C24H27Cl2NO5S/c1-5-33-10-9-32-24(30)18-13(3)27-16-11-12(2)17(23(29)31-4)22(28)20(16)19(18)14-7-6-8-15(25)21(14)26/h6-8,12,17,19,27H,5,9-11H2,1-4H3/t12-,17-,19+/m1/s1. The first kappa shape index (κ1) is 25.7. The normalized spacial score (nSPS) is 22.6. The van der Waals surface area contributed by atoms with Crippen LogP contribution in [0.2, 0.25) is 10.0 Å². The smallest absolute Gasteiger partial charge is 0.336 e. The summed E-state index contributed by atoms with van der Waals surface area (Å²) >= 11 is 14.5. The number of hydrogen-bond donors (Lipinski definition) is 1. The molecule has 0 aromatic heterocycles. The lowest BCUT2D eigenvalue weighted by Gasteiger charge is -2.38. The van der Waals surface area contributed by atoms with Crippen molar-refractivity contribution in [2.45, 2.75) is 33.1 Å². The van der Waals surface area contributed by atoms with Crippen LogP contribution in [-0.4, -0.2) is 42.9 Å². The molecule has 3 atom stereocenters. The third-order valence-electron chi connectivity index (χ3n) is 5.92. The van der Waals surface area contributed by atoms with Crippen LogP contribution in [0.25, 0.3) is 0 Å². The molecule has 6 nitrogen and oxygen atoms in total. The SMILES string of the molecule is CCSCCOC(=O)C1=C(C)NC2=C(C(=O)[C@H](C(=O)OC)[C@H](C)C2)[C@H]1c1cccc(Cl)c1Cl. The van der Waals surface area contributed by atoms with Crippen LogP contribution in [0.5, 0.6) is 0 Å². The zero-order valence-corrected chi connectivity index (χ0v) is 21.3. The summed E-state index contributed by atoms with van der Waals surface area (Å²) in [4.78, 5) is 39.4. The first-order chi connectivity index (χ1) is 15.7. The lowest BCUT2D eigenvalue weighted by Crippen LogP contribution is -2.43. The van der Waals surface area contributed by atoms with Crippen LogP contribution >= 0.6 is 35.0 Å². The molecule has 1 aromatic rings. The molecular formula is C24H27Cl2NO5S. The molecule has 0 fully saturated rings. The number of carbonyl (C=O) groups excluding carboxylic acids is 3. The average Bonchev–Trinajstić information content (AvgIpc) is 2.77. The summed E-state index contributed by atoms with van der Waals surface area (Å²) in [5.41, 5.74) is 2.38. The van der Waals surface area contributed by atoms with Gasteiger partial charge < -0.3 is 14.8 Å². The van der Waals surface area contributed by atoms with Crippen molar-refractivity contribution in [3.05, 3.63) is 56.3 Å². The third-order valence-corrected chi connectivity index (χ3v) is 7.62. The fourth-order valence-electron chi connectivity index (χ4n) is 4.42. The van der Waals surface area contributed by atoms with E-state index in [4.69, 9.17) is 32.7 Å². The largest absolute Gasteiger partial charge is 0.468 e. The van der Waals surface area contributed by atoms with Crippen molar-refractivity contribution in [3.63, 3.8) is 0 Å². The molecule has 0 unspecified atom stereocenters. The minimum Gasteiger partial charge on any atom is -0.468 e. The Morgan fingerprint density at radius 3 is 2.67 bits per heavy atom. The summed E-state index contributed by atoms with van der Waals surface area (Å²) < 4.78 is 10.5. The first-order valence-corrected chi connectivity index (χ1v) is 12.7. The molecule has 0 saturated carbocycles. The number of dihydropyridines is 1. The van der Waals surface area contributed by atoms with Crippen molar-refractivity contribution in [2.75, 3.05) is 25.2 Å². The van der Waals surface area contributed by atoms with E-state index >= 15 is 0 Å². The quantitative estimate of drug-likeness (QED) is 0.316. The number of ketones is 1. The molecule has 0 radical (unpaired) electrons. The van der Waals surface area contributed by atoms with Gasteiger partial charge in [0.05, 0.1) is 22.7 Å². The van der Waals surface area contributed by atoms with Gasteiger partial charge in [0.15, 0.2) is 5.78 Å². The Labute approximate surface area is 208 Å². The van der Waals surface area contributed by atoms with Gasteiger partial charge in [-0.2, -0.15) is 11.8 Å². The molecule has 9 heteroatoms. The lowest BCUT2D eigenvalue weighted by molar-refractivity contribution is -0.151. The van der Waals surface area contributed by atoms with E-state index in [-0.39, 0.29) is 28.9 Å². The number of methoxy groups -OCH3 is 1. The van der Waals surface area contributed by atoms with Crippen LogP contribution in [0.15, 0.2) is 40.7 Å². The van der Waals surface area contributed by atoms with E-state index in [9.17, 15) is 14.4 Å². The van der Waals surface area contributed by atoms with Gasteiger partial charge in [-0.05, 0) is 36.6 Å². The number of thioether (sulfide) groups is 1. The van der Waals surface area contributed by atoms with Crippen LogP contribution < -0.4 is 5.32 Å². The van der Waals surface area contributed by atoms with E-state index < -0.39 is 23.8 Å². The molecule has 1 aliphatic heterocycles. The monoisotopic (exact) mass is 511 g/mol. The second-order valence-electron chi connectivity index (χ2n) is 8.01. The maximum Gasteiger partial charge on any atom is 0.336 e. The molecule has 0 bridgehead atoms. The van der Waals surface area contributed by atoms with E-state index in [1.807, 2.05) is 13.8 Å². The molecule has 2 aliphatic rings. The highest BCUT2D eigenvalue weighted by Gasteiger charge is 2.47. The minimum absolute atomic E-state index is 0.242. The van der Waals surface area contributed by atoms with Crippen LogP contribution in [0.1, 0.15) is 38.7 Å². The Balaban J connectivity index is 2.13. The summed E-state index contributed by atoms with van der Waals surface area (Å²) in [6.07, 6.45) is 0.447. The molecule has 0 amide bonds. The highest BCUT2D eigenvalue weighted by molar-refractivity contribution is 7.99. The van der Waals surface area contributed by atoms with Gasteiger partial charge in [-0.3, -0.25) is 9.59 Å². The maximum absolute atomic E-state index is 13.7. The van der Waals surface area contributed by atoms with Crippen LogP contribution in [0.3, 0.4) is 0 Å². The summed E-state index contributed by atoms with van der Waals surface area (Å²) in [5, 5.41) is 3.78. The predicted molar refractivity (Wildman–Crippen MR) is 130 cm³/mol. The molecule has 0 spiro atoms. The summed E-state index contributed by atoms with van der Waals surface area (Å²) in [6.45, 7) is 5.88. The zero-order chi connectivity index (χ0) is 24.3. The van der Waals surface area contributed by atoms with E-state index in [1.165, 1.54) is 7.11 Å². The van der Waals surface area contributed by atoms with Gasteiger partial charge in [-0.1, -0.05) is 49.2 Å². The first-order valence-electron chi connectivity index (χ1n) is 10.7. The average molecular weight is 512 g/mol. The van der Waals surface area contributed by atoms with E-state index in [0.717, 1.165) is 5.75 Å². The molecule has 178 valence electrons. The summed E-state index contributed by atoms with van der Waals surface area (Å²) in [6, 6.07) is 5.10. The minimum atomic E-state index is -0.965. The Kier molecular flexibility index (Phi) is 8.54. The van der Waals surface area contributed by atoms with Gasteiger partial charge >= 0.3 is 11.9 Å². The van der Waals surface area contributed by atoms with Crippen molar-refractivity contribution in [2.24, 2.45) is 11.8 Å². The third kappa shape index (κ3) is 5.10. The number of benzene rings is 1. The summed E-state index contributed by atoms with van der Waals surface area (Å²) in [5.74, 6) is -1.98. The van der Waals surface area contributed by atoms with Crippen molar-refractivity contribution < 1.29 is 23.9 Å². The molecule has 1 heterocycles. The number of hydrogen-bond acceptors (Lipinski definition) is 7. The summed E-state index contributed by atoms with van der Waals surface area (Å²) in [7, 11) is 1.26. The topological polar surface area (TPSA) is 81.7 Å². The molecule has 1 aromatic carbocycles. The molecule has 3 rings (SSSR count). The van der Waals surface area contributed by atoms with Gasteiger partial charge in [0.2, 0.25) is 0 Å². The molecule has 1 aliphatic carbocycles. The van der Waals surface area contributed by atoms with Gasteiger partial charge in [0, 0.05) is 28.6 Å². The number of ether oxygens (including phenoxy) is 2. The number of rotatable bonds is 7. The number of nitrogens with one attached hydrogen (secondary N) is 1. The maximum atomic E-state index is 13.7. The van der Waals surface area contributed by atoms with Crippen molar-refractivity contribution in [1.82, 2.24) is 5.32 Å². The van der Waals surface area contributed by atoms with E-state index in [1.54, 1.807) is 36.9 Å². The highest BCUT2D eigenvalue weighted by atomic mass is 35.5. The molecule has 1 N–H and O–H groups in total. The van der Waals surface area contributed by atoms with Crippen molar-refractivity contribution >= 4 is 52.7 Å². The van der Waals surface area contributed by atoms with E-state index in [0.29, 0.717) is 39.7 Å². The Bertz CT molecular complexity index is 1040. The number of Topliss-reactive ketones (excluding diaryl/α,β-unsaturated/α-hetero) is 1. The highest BCUT2D eigenvalue weighted by Crippen LogP contribution is 2.47. The van der Waals surface area contributed by atoms with Crippen LogP contribution in [0, 0.1) is 11.8 Å². The Morgan fingerprint density at radius 1 is 1.27 bits per heavy atom. The molecule has 0 saturated heterocycles. The number of carbonyl (C=O) groups is 3. The van der Waals surface area contributed by atoms with Gasteiger partial charge in [0.25, 0.3) is 0 Å². The number of esters is 2. The van der Waals surface area contributed by atoms with Crippen LogP contribution in [0.4, 0.5) is 0 Å². The Hall–Kier alpha value is -1.96. The second-order valence-corrected chi connectivity index (χ2v) is 10.2. The predicted octanol–water partition coefficient (Wildman–Crippen LogP) is 4.90. The van der Waals surface area contributed by atoms with Crippen molar-refractivity contribution in [1.29, 1.82) is 0 Å². The lowest BCUT2D eigenvalue weighted by atomic mass is 9.69. The number of halogens is 2. The van der Waals surface area contributed by atoms with Gasteiger partial charge in [-0.15, -0.1) is 0 Å². The van der Waals surface area contributed by atoms with Crippen molar-refractivity contribution in [3.8, 4) is 0 Å². The molecular weight excluding hydrogens is 485 g/mol. The fraction of sp³-hybridized carbons (Fsp3) is 0.458.